The molecule has 0 unspecified atom stereocenters. The van der Waals surface area contributed by atoms with Gasteiger partial charge in [0, 0.05) is 18.4 Å². The van der Waals surface area contributed by atoms with Crippen LogP contribution in [-0.2, 0) is 0 Å². The van der Waals surface area contributed by atoms with Crippen molar-refractivity contribution in [1.82, 2.24) is 0 Å². The van der Waals surface area contributed by atoms with Gasteiger partial charge in [-0.05, 0) is 12.8 Å². The Kier molecular flexibility index (Phi) is 11.8. The lowest BCUT2D eigenvalue weighted by Gasteiger charge is -2.29. The van der Waals surface area contributed by atoms with Gasteiger partial charge in [-0.25, -0.2) is 0 Å². The van der Waals surface area contributed by atoms with Crippen LogP contribution in [0.25, 0.3) is 0 Å². The van der Waals surface area contributed by atoms with Gasteiger partial charge in [0.15, 0.2) is 0 Å². The normalized spacial score (nSPS) is 11.1. The molecule has 1 N–H and O–H groups in total. The second-order valence-electron chi connectivity index (χ2n) is 3.86. The fourth-order valence-electron chi connectivity index (χ4n) is 1.24. The predicted molar refractivity (Wildman–Crippen MR) is 56.6 cm³/mol. The van der Waals surface area contributed by atoms with Crippen molar-refractivity contribution in [1.29, 1.82) is 0 Å². The summed E-state index contributed by atoms with van der Waals surface area (Å²) >= 11 is 3.42. The van der Waals surface area contributed by atoms with E-state index in [1.807, 2.05) is 0 Å². The summed E-state index contributed by atoms with van der Waals surface area (Å²) < 4.78 is 1.04. The number of rotatable bonds is 7. The Balaban J connectivity index is 0. The van der Waals surface area contributed by atoms with E-state index in [1.165, 1.54) is 19.4 Å². The second-order valence-corrected chi connectivity index (χ2v) is 4.65. The number of quaternary nitrogens is 1. The Morgan fingerprint density at radius 3 is 2.08 bits per heavy atom. The Morgan fingerprint density at radius 2 is 1.62 bits per heavy atom. The molecule has 0 amide bonds. The van der Waals surface area contributed by atoms with Gasteiger partial charge >= 0.3 is 0 Å². The number of aliphatic hydroxyl groups excluding tert-OH is 1. The smallest absolute Gasteiger partial charge is 0.0804 e. The van der Waals surface area contributed by atoms with Gasteiger partial charge in [-0.3, -0.25) is 0 Å². The van der Waals surface area contributed by atoms with Crippen LogP contribution in [0.3, 0.4) is 0 Å². The highest BCUT2D eigenvalue weighted by Crippen LogP contribution is 2.04. The van der Waals surface area contributed by atoms with Crippen molar-refractivity contribution in [2.75, 3.05) is 39.1 Å². The van der Waals surface area contributed by atoms with Crippen LogP contribution in [0.15, 0.2) is 0 Å². The van der Waals surface area contributed by atoms with Crippen molar-refractivity contribution in [3.8, 4) is 0 Å². The van der Waals surface area contributed by atoms with Crippen LogP contribution < -0.4 is 17.0 Å². The van der Waals surface area contributed by atoms with E-state index in [-0.39, 0.29) is 17.0 Å². The van der Waals surface area contributed by atoms with E-state index in [2.05, 4.69) is 30.0 Å². The van der Waals surface area contributed by atoms with Gasteiger partial charge in [-0.15, -0.1) is 0 Å². The lowest BCUT2D eigenvalue weighted by molar-refractivity contribution is -0.890. The molecular formula is C9H21Br2NO. The first-order chi connectivity index (χ1) is 5.62. The number of hydrogen-bond donors (Lipinski definition) is 1. The molecule has 0 aliphatic carbocycles. The fourth-order valence-corrected chi connectivity index (χ4v) is 1.64. The van der Waals surface area contributed by atoms with E-state index in [9.17, 15) is 0 Å². The lowest BCUT2D eigenvalue weighted by Crippen LogP contribution is -3.00. The molecule has 13 heavy (non-hydrogen) atoms. The first kappa shape index (κ1) is 16.3. The molecule has 4 heteroatoms. The zero-order valence-corrected chi connectivity index (χ0v) is 11.8. The van der Waals surface area contributed by atoms with Crippen LogP contribution in [0.5, 0.6) is 0 Å². The van der Waals surface area contributed by atoms with E-state index in [1.54, 1.807) is 0 Å². The second kappa shape index (κ2) is 9.44. The summed E-state index contributed by atoms with van der Waals surface area (Å²) in [6, 6.07) is 0. The van der Waals surface area contributed by atoms with E-state index in [0.717, 1.165) is 22.8 Å². The summed E-state index contributed by atoms with van der Waals surface area (Å²) in [5, 5.41) is 9.79. The predicted octanol–water partition coefficient (Wildman–Crippen LogP) is -1.38. The van der Waals surface area contributed by atoms with Crippen LogP contribution in [0.2, 0.25) is 0 Å². The number of halogens is 2. The average molecular weight is 319 g/mol. The largest absolute Gasteiger partial charge is 1.00 e. The van der Waals surface area contributed by atoms with Crippen molar-refractivity contribution in [2.45, 2.75) is 19.3 Å². The first-order valence-electron chi connectivity index (χ1n) is 4.61. The van der Waals surface area contributed by atoms with Gasteiger partial charge in [-0.1, -0.05) is 15.9 Å². The van der Waals surface area contributed by atoms with Gasteiger partial charge in [0.25, 0.3) is 0 Å². The summed E-state index contributed by atoms with van der Waals surface area (Å²) in [4.78, 5) is 0. The molecule has 0 aliphatic rings. The number of unbranched alkanes of at least 4 members (excludes halogenated alkanes) is 1. The zero-order valence-electron chi connectivity index (χ0n) is 8.60. The van der Waals surface area contributed by atoms with Gasteiger partial charge < -0.3 is 26.6 Å². The SMILES string of the molecule is C[N+](C)(CCCO)CCCCBr.[Br-]. The minimum atomic E-state index is 0. The Morgan fingerprint density at radius 1 is 1.08 bits per heavy atom. The van der Waals surface area contributed by atoms with E-state index in [0.29, 0.717) is 6.61 Å². The lowest BCUT2D eigenvalue weighted by atomic mass is 10.3. The van der Waals surface area contributed by atoms with Crippen LogP contribution in [0, 0.1) is 0 Å². The summed E-state index contributed by atoms with van der Waals surface area (Å²) in [5.74, 6) is 0. The van der Waals surface area contributed by atoms with Gasteiger partial charge in [0.1, 0.15) is 0 Å². The van der Waals surface area contributed by atoms with Crippen LogP contribution in [0.1, 0.15) is 19.3 Å². The van der Waals surface area contributed by atoms with Gasteiger partial charge in [0.2, 0.25) is 0 Å². The van der Waals surface area contributed by atoms with Crippen molar-refractivity contribution in [2.24, 2.45) is 0 Å². The van der Waals surface area contributed by atoms with E-state index < -0.39 is 0 Å². The molecule has 0 aliphatic heterocycles. The molecule has 0 fully saturated rings. The van der Waals surface area contributed by atoms with E-state index in [4.69, 9.17) is 5.11 Å². The summed E-state index contributed by atoms with van der Waals surface area (Å²) in [6.07, 6.45) is 3.44. The maximum atomic E-state index is 8.68. The topological polar surface area (TPSA) is 20.2 Å². The van der Waals surface area contributed by atoms with Crippen molar-refractivity contribution in [3.05, 3.63) is 0 Å². The molecule has 0 aromatic heterocycles. The standard InChI is InChI=1S/C9H21BrNO.BrH/c1-11(2,8-5-9-12)7-4-3-6-10;/h12H,3-9H2,1-2H3;1H/q+1;/p-1. The van der Waals surface area contributed by atoms with Gasteiger partial charge in [0.05, 0.1) is 27.2 Å². The minimum Gasteiger partial charge on any atom is -1.00 e. The van der Waals surface area contributed by atoms with Crippen LogP contribution >= 0.6 is 15.9 Å². The minimum absolute atomic E-state index is 0. The quantitative estimate of drug-likeness (QED) is 0.349. The third-order valence-corrected chi connectivity index (χ3v) is 2.63. The Hall–Kier alpha value is 0.880. The Labute approximate surface area is 101 Å². The highest BCUT2D eigenvalue weighted by atomic mass is 79.9. The number of nitrogens with zero attached hydrogens (tertiary/aromatic N) is 1. The summed E-state index contributed by atoms with van der Waals surface area (Å²) in [6.45, 7) is 2.62. The number of aliphatic hydroxyl groups is 1. The van der Waals surface area contributed by atoms with Crippen molar-refractivity contribution in [3.63, 3.8) is 0 Å². The maximum absolute atomic E-state index is 8.68. The third kappa shape index (κ3) is 10.8. The van der Waals surface area contributed by atoms with Crippen molar-refractivity contribution >= 4 is 15.9 Å². The number of alkyl halides is 1. The molecule has 0 atom stereocenters. The maximum Gasteiger partial charge on any atom is 0.0804 e. The fraction of sp³-hybridized carbons (Fsp3) is 1.00. The monoisotopic (exact) mass is 317 g/mol. The average Bonchev–Trinajstić information content (AvgIpc) is 2.01. The summed E-state index contributed by atoms with van der Waals surface area (Å²) in [7, 11) is 4.45. The molecule has 0 aromatic rings. The molecule has 0 radical (unpaired) electrons. The molecule has 0 bridgehead atoms. The van der Waals surface area contributed by atoms with Crippen LogP contribution in [0.4, 0.5) is 0 Å². The van der Waals surface area contributed by atoms with Crippen molar-refractivity contribution < 1.29 is 26.6 Å². The molecule has 0 spiro atoms. The summed E-state index contributed by atoms with van der Waals surface area (Å²) in [5.41, 5.74) is 0. The first-order valence-corrected chi connectivity index (χ1v) is 5.73. The molecule has 2 nitrogen and oxygen atoms in total. The van der Waals surface area contributed by atoms with Gasteiger partial charge in [-0.2, -0.15) is 0 Å². The zero-order chi connectivity index (χ0) is 9.45. The molecule has 0 aromatic carbocycles. The van der Waals surface area contributed by atoms with Crippen LogP contribution in [-0.4, -0.2) is 48.7 Å². The number of hydrogen-bond acceptors (Lipinski definition) is 1. The highest BCUT2D eigenvalue weighted by Gasteiger charge is 2.12. The molecule has 0 heterocycles. The van der Waals surface area contributed by atoms with E-state index >= 15 is 0 Å². The molecule has 0 rings (SSSR count). The third-order valence-electron chi connectivity index (χ3n) is 2.07. The molecule has 82 valence electrons. The molecule has 0 saturated heterocycles. The molecule has 0 saturated carbocycles. The molecular weight excluding hydrogens is 298 g/mol. The Bertz CT molecular complexity index is 110. The highest BCUT2D eigenvalue weighted by molar-refractivity contribution is 9.09.